The molecule has 14 heavy (non-hydrogen) atoms. The molecule has 78 valence electrons. The van der Waals surface area contributed by atoms with Crippen molar-refractivity contribution in [1.29, 1.82) is 0 Å². The van der Waals surface area contributed by atoms with Crippen LogP contribution in [0.3, 0.4) is 0 Å². The van der Waals surface area contributed by atoms with E-state index in [0.29, 0.717) is 0 Å². The maximum Gasteiger partial charge on any atom is 0.431 e. The van der Waals surface area contributed by atoms with E-state index in [-0.39, 0.29) is 12.3 Å². The summed E-state index contributed by atoms with van der Waals surface area (Å²) >= 11 is 0. The number of rotatable bonds is 2. The Labute approximate surface area is 77.9 Å². The van der Waals surface area contributed by atoms with Gasteiger partial charge in [0, 0.05) is 0 Å². The highest BCUT2D eigenvalue weighted by molar-refractivity contribution is 5.87. The number of alkyl halides is 3. The molecule has 0 aromatic carbocycles. The molecule has 0 aliphatic rings. The van der Waals surface area contributed by atoms with Crippen molar-refractivity contribution in [3.63, 3.8) is 0 Å². The number of H-pyrrole nitrogens is 1. The number of aromatic amines is 1. The van der Waals surface area contributed by atoms with E-state index in [9.17, 15) is 18.0 Å². The third kappa shape index (κ3) is 2.27. The molecule has 0 saturated carbocycles. The molecule has 1 rings (SSSR count). The molecule has 0 atom stereocenters. The number of nitrogens with one attached hydrogen (secondary N) is 1. The lowest BCUT2D eigenvalue weighted by Crippen LogP contribution is -2.08. The SMILES string of the molecule is CCOC(=O)c1ccc(C(F)(F)F)[nH]1. The summed E-state index contributed by atoms with van der Waals surface area (Å²) in [7, 11) is 0. The first-order chi connectivity index (χ1) is 6.45. The van der Waals surface area contributed by atoms with Crippen molar-refractivity contribution in [2.24, 2.45) is 0 Å². The summed E-state index contributed by atoms with van der Waals surface area (Å²) in [6.07, 6.45) is -4.47. The van der Waals surface area contributed by atoms with Gasteiger partial charge < -0.3 is 9.72 Å². The van der Waals surface area contributed by atoms with Crippen LogP contribution in [-0.4, -0.2) is 17.6 Å². The Kier molecular flexibility index (Phi) is 2.83. The molecule has 0 fully saturated rings. The summed E-state index contributed by atoms with van der Waals surface area (Å²) in [5, 5.41) is 0. The van der Waals surface area contributed by atoms with Gasteiger partial charge in [-0.05, 0) is 19.1 Å². The summed E-state index contributed by atoms with van der Waals surface area (Å²) in [6, 6.07) is 1.84. The van der Waals surface area contributed by atoms with Gasteiger partial charge in [0.05, 0.1) is 6.61 Å². The van der Waals surface area contributed by atoms with Gasteiger partial charge in [-0.25, -0.2) is 4.79 Å². The number of halogens is 3. The minimum absolute atomic E-state index is 0.124. The predicted octanol–water partition coefficient (Wildman–Crippen LogP) is 2.21. The minimum atomic E-state index is -4.47. The first-order valence-corrected chi connectivity index (χ1v) is 3.88. The molecular weight excluding hydrogens is 199 g/mol. The van der Waals surface area contributed by atoms with Crippen molar-refractivity contribution in [3.05, 3.63) is 23.5 Å². The molecule has 0 amide bonds. The standard InChI is InChI=1S/C8H8F3NO2/c1-2-14-7(13)5-3-4-6(12-5)8(9,10)11/h3-4,12H,2H2,1H3. The van der Waals surface area contributed by atoms with E-state index < -0.39 is 17.8 Å². The van der Waals surface area contributed by atoms with Gasteiger partial charge in [0.1, 0.15) is 11.4 Å². The normalized spacial score (nSPS) is 11.4. The van der Waals surface area contributed by atoms with Crippen molar-refractivity contribution in [2.75, 3.05) is 6.61 Å². The Hall–Kier alpha value is -1.46. The second-order valence-electron chi connectivity index (χ2n) is 2.50. The number of aromatic nitrogens is 1. The van der Waals surface area contributed by atoms with Crippen molar-refractivity contribution in [2.45, 2.75) is 13.1 Å². The molecule has 0 unspecified atom stereocenters. The molecule has 1 N–H and O–H groups in total. The van der Waals surface area contributed by atoms with E-state index in [1.807, 2.05) is 4.98 Å². The fourth-order valence-electron chi connectivity index (χ4n) is 0.888. The molecule has 0 radical (unpaired) electrons. The van der Waals surface area contributed by atoms with Crippen LogP contribution in [0, 0.1) is 0 Å². The number of carbonyl (C=O) groups excluding carboxylic acids is 1. The maximum absolute atomic E-state index is 12.1. The van der Waals surface area contributed by atoms with Gasteiger partial charge in [-0.15, -0.1) is 0 Å². The number of esters is 1. The molecule has 0 aliphatic carbocycles. The van der Waals surface area contributed by atoms with Gasteiger partial charge in [0.2, 0.25) is 0 Å². The van der Waals surface area contributed by atoms with Gasteiger partial charge in [0.25, 0.3) is 0 Å². The fourth-order valence-corrected chi connectivity index (χ4v) is 0.888. The number of ether oxygens (including phenoxy) is 1. The Bertz CT molecular complexity index is 330. The summed E-state index contributed by atoms with van der Waals surface area (Å²) in [6.45, 7) is 1.70. The van der Waals surface area contributed by atoms with Crippen LogP contribution in [0.2, 0.25) is 0 Å². The summed E-state index contributed by atoms with van der Waals surface area (Å²) < 4.78 is 40.7. The highest BCUT2D eigenvalue weighted by Gasteiger charge is 2.32. The van der Waals surface area contributed by atoms with E-state index in [2.05, 4.69) is 4.74 Å². The van der Waals surface area contributed by atoms with Crippen LogP contribution in [0.1, 0.15) is 23.1 Å². The lowest BCUT2D eigenvalue weighted by atomic mass is 10.4. The maximum atomic E-state index is 12.1. The van der Waals surface area contributed by atoms with Crippen LogP contribution in [0.4, 0.5) is 13.2 Å². The third-order valence-electron chi connectivity index (χ3n) is 1.49. The highest BCUT2D eigenvalue weighted by Crippen LogP contribution is 2.28. The second-order valence-corrected chi connectivity index (χ2v) is 2.50. The van der Waals surface area contributed by atoms with Crippen LogP contribution in [0.5, 0.6) is 0 Å². The van der Waals surface area contributed by atoms with Crippen molar-refractivity contribution in [3.8, 4) is 0 Å². The molecule has 6 heteroatoms. The lowest BCUT2D eigenvalue weighted by molar-refractivity contribution is -0.140. The Morgan fingerprint density at radius 1 is 1.50 bits per heavy atom. The molecular formula is C8H8F3NO2. The van der Waals surface area contributed by atoms with Crippen molar-refractivity contribution >= 4 is 5.97 Å². The zero-order valence-electron chi connectivity index (χ0n) is 7.31. The third-order valence-corrected chi connectivity index (χ3v) is 1.49. The Morgan fingerprint density at radius 3 is 2.57 bits per heavy atom. The smallest absolute Gasteiger partial charge is 0.431 e. The van der Waals surface area contributed by atoms with Gasteiger partial charge in [-0.2, -0.15) is 13.2 Å². The van der Waals surface area contributed by atoms with E-state index in [1.54, 1.807) is 6.92 Å². The molecule has 1 aromatic heterocycles. The monoisotopic (exact) mass is 207 g/mol. The van der Waals surface area contributed by atoms with Crippen LogP contribution >= 0.6 is 0 Å². The minimum Gasteiger partial charge on any atom is -0.461 e. The van der Waals surface area contributed by atoms with Crippen LogP contribution < -0.4 is 0 Å². The van der Waals surface area contributed by atoms with Gasteiger partial charge >= 0.3 is 12.1 Å². The number of hydrogen-bond acceptors (Lipinski definition) is 2. The number of carbonyl (C=O) groups is 1. The van der Waals surface area contributed by atoms with E-state index in [1.165, 1.54) is 0 Å². The molecule has 0 aliphatic heterocycles. The topological polar surface area (TPSA) is 42.1 Å². The fraction of sp³-hybridized carbons (Fsp3) is 0.375. The molecule has 0 bridgehead atoms. The highest BCUT2D eigenvalue weighted by atomic mass is 19.4. The largest absolute Gasteiger partial charge is 0.461 e. The zero-order chi connectivity index (χ0) is 10.8. The summed E-state index contributed by atoms with van der Waals surface area (Å²) in [4.78, 5) is 12.9. The van der Waals surface area contributed by atoms with Crippen LogP contribution in [-0.2, 0) is 10.9 Å². The lowest BCUT2D eigenvalue weighted by Gasteiger charge is -2.02. The molecule has 0 saturated heterocycles. The van der Waals surface area contributed by atoms with Crippen molar-refractivity contribution < 1.29 is 22.7 Å². The van der Waals surface area contributed by atoms with Gasteiger partial charge in [0.15, 0.2) is 0 Å². The molecule has 0 spiro atoms. The zero-order valence-corrected chi connectivity index (χ0v) is 7.31. The first kappa shape index (κ1) is 10.6. The van der Waals surface area contributed by atoms with E-state index in [0.717, 1.165) is 12.1 Å². The summed E-state index contributed by atoms with van der Waals surface area (Å²) in [5.41, 5.74) is -1.15. The average Bonchev–Trinajstić information content (AvgIpc) is 2.51. The molecule has 3 nitrogen and oxygen atoms in total. The van der Waals surface area contributed by atoms with Gasteiger partial charge in [-0.3, -0.25) is 0 Å². The van der Waals surface area contributed by atoms with Crippen LogP contribution in [0.15, 0.2) is 12.1 Å². The number of hydrogen-bond donors (Lipinski definition) is 1. The van der Waals surface area contributed by atoms with E-state index in [4.69, 9.17) is 0 Å². The first-order valence-electron chi connectivity index (χ1n) is 3.88. The van der Waals surface area contributed by atoms with Crippen molar-refractivity contribution in [1.82, 2.24) is 4.98 Å². The van der Waals surface area contributed by atoms with E-state index >= 15 is 0 Å². The average molecular weight is 207 g/mol. The summed E-state index contributed by atoms with van der Waals surface area (Å²) in [5.74, 6) is -0.789. The Balaban J connectivity index is 2.83. The second kappa shape index (κ2) is 3.73. The van der Waals surface area contributed by atoms with Gasteiger partial charge in [-0.1, -0.05) is 0 Å². The quantitative estimate of drug-likeness (QED) is 0.755. The molecule has 1 heterocycles. The molecule has 1 aromatic rings. The predicted molar refractivity (Wildman–Crippen MR) is 41.8 cm³/mol. The Morgan fingerprint density at radius 2 is 2.14 bits per heavy atom. The van der Waals surface area contributed by atoms with Crippen LogP contribution in [0.25, 0.3) is 0 Å².